The summed E-state index contributed by atoms with van der Waals surface area (Å²) in [4.78, 5) is 16.1. The fourth-order valence-electron chi connectivity index (χ4n) is 1.64. The maximum atomic E-state index is 12.7. The summed E-state index contributed by atoms with van der Waals surface area (Å²) in [5.74, 6) is -0.572. The van der Waals surface area contributed by atoms with E-state index in [0.717, 1.165) is 23.5 Å². The van der Waals surface area contributed by atoms with Crippen molar-refractivity contribution < 1.29 is 18.0 Å². The molecular weight excluding hydrogens is 362 g/mol. The maximum absolute atomic E-state index is 12.7. The summed E-state index contributed by atoms with van der Waals surface area (Å²) in [6, 6.07) is 3.14. The first-order chi connectivity index (χ1) is 9.68. The Morgan fingerprint density at radius 3 is 2.55 bits per heavy atom. The van der Waals surface area contributed by atoms with E-state index >= 15 is 0 Å². The molecule has 1 heterocycles. The normalized spacial score (nSPS) is 11.0. The molecule has 0 radical (unpaired) electrons. The number of rotatable bonds is 2. The van der Waals surface area contributed by atoms with Crippen LogP contribution < -0.4 is 11.1 Å². The van der Waals surface area contributed by atoms with Crippen LogP contribution in [-0.4, -0.2) is 10.9 Å². The van der Waals surface area contributed by atoms with Gasteiger partial charge in [0, 0.05) is 5.69 Å². The second-order valence-corrected chi connectivity index (χ2v) is 5.55. The van der Waals surface area contributed by atoms with E-state index in [1.165, 1.54) is 6.07 Å². The van der Waals surface area contributed by atoms with Crippen molar-refractivity contribution in [3.8, 4) is 0 Å². The fraction of sp³-hybridized carbons (Fsp3) is 0.167. The van der Waals surface area contributed by atoms with Crippen LogP contribution in [0.1, 0.15) is 20.9 Å². The molecule has 1 aromatic carbocycles. The molecule has 2 aromatic rings. The van der Waals surface area contributed by atoms with E-state index < -0.39 is 22.7 Å². The van der Waals surface area contributed by atoms with Crippen LogP contribution in [0.2, 0.25) is 5.02 Å². The molecule has 4 nitrogen and oxygen atoms in total. The number of nitrogens with two attached hydrogens (primary N) is 1. The number of aryl methyl sites for hydroxylation is 1. The van der Waals surface area contributed by atoms with Gasteiger partial charge in [-0.2, -0.15) is 13.2 Å². The first-order valence-electron chi connectivity index (χ1n) is 5.59. The molecule has 0 atom stereocenters. The first kappa shape index (κ1) is 18.5. The quantitative estimate of drug-likeness (QED) is 0.822. The van der Waals surface area contributed by atoms with Gasteiger partial charge in [0.2, 0.25) is 0 Å². The number of anilines is 2. The van der Waals surface area contributed by atoms with Crippen molar-refractivity contribution in [2.24, 2.45) is 0 Å². The van der Waals surface area contributed by atoms with E-state index in [-0.39, 0.29) is 28.1 Å². The molecule has 0 saturated heterocycles. The van der Waals surface area contributed by atoms with Gasteiger partial charge in [0.15, 0.2) is 5.13 Å². The third-order valence-corrected chi connectivity index (χ3v) is 3.86. The monoisotopic (exact) mass is 371 g/mol. The number of amides is 1. The molecule has 0 fully saturated rings. The summed E-state index contributed by atoms with van der Waals surface area (Å²) in [5.41, 5.74) is 4.87. The fourth-order valence-corrected chi connectivity index (χ4v) is 2.59. The lowest BCUT2D eigenvalue weighted by Crippen LogP contribution is -2.13. The van der Waals surface area contributed by atoms with Gasteiger partial charge in [-0.25, -0.2) is 4.98 Å². The van der Waals surface area contributed by atoms with Crippen LogP contribution in [0.5, 0.6) is 0 Å². The number of nitrogen functional groups attached to an aromatic ring is 1. The van der Waals surface area contributed by atoms with Crippen LogP contribution >= 0.6 is 35.3 Å². The lowest BCUT2D eigenvalue weighted by Gasteiger charge is -2.11. The maximum Gasteiger partial charge on any atom is 0.417 e. The predicted octanol–water partition coefficient (Wildman–Crippen LogP) is 4.38. The summed E-state index contributed by atoms with van der Waals surface area (Å²) in [7, 11) is 0. The van der Waals surface area contributed by atoms with Gasteiger partial charge in [0.05, 0.1) is 16.3 Å². The number of carbonyl (C=O) groups excluding carboxylic acids is 1. The van der Waals surface area contributed by atoms with Gasteiger partial charge in [-0.1, -0.05) is 22.9 Å². The minimum absolute atomic E-state index is 0. The molecule has 1 aromatic heterocycles. The summed E-state index contributed by atoms with van der Waals surface area (Å²) >= 11 is 6.47. The minimum Gasteiger partial charge on any atom is -0.375 e. The topological polar surface area (TPSA) is 68.0 Å². The van der Waals surface area contributed by atoms with Crippen molar-refractivity contribution in [1.82, 2.24) is 4.98 Å². The van der Waals surface area contributed by atoms with Crippen LogP contribution in [0.3, 0.4) is 0 Å². The van der Waals surface area contributed by atoms with Gasteiger partial charge in [-0.3, -0.25) is 4.79 Å². The number of nitrogens with one attached hydrogen (secondary N) is 1. The smallest absolute Gasteiger partial charge is 0.375 e. The van der Waals surface area contributed by atoms with Gasteiger partial charge in [-0.15, -0.1) is 12.4 Å². The zero-order chi connectivity index (χ0) is 15.8. The zero-order valence-corrected chi connectivity index (χ0v) is 13.4. The highest BCUT2D eigenvalue weighted by Gasteiger charge is 2.33. The number of halogens is 5. The van der Waals surface area contributed by atoms with Gasteiger partial charge < -0.3 is 11.1 Å². The molecule has 10 heteroatoms. The Morgan fingerprint density at radius 2 is 2.05 bits per heavy atom. The van der Waals surface area contributed by atoms with Crippen molar-refractivity contribution in [3.63, 3.8) is 0 Å². The van der Waals surface area contributed by atoms with Gasteiger partial charge in [0.25, 0.3) is 5.91 Å². The van der Waals surface area contributed by atoms with Crippen molar-refractivity contribution >= 4 is 52.1 Å². The zero-order valence-electron chi connectivity index (χ0n) is 11.0. The molecule has 0 aliphatic carbocycles. The molecular formula is C12H10Cl2F3N3OS. The summed E-state index contributed by atoms with van der Waals surface area (Å²) < 4.78 is 38.2. The van der Waals surface area contributed by atoms with Gasteiger partial charge in [0.1, 0.15) is 4.88 Å². The molecule has 0 spiro atoms. The highest BCUT2D eigenvalue weighted by molar-refractivity contribution is 7.17. The Labute approximate surface area is 138 Å². The van der Waals surface area contributed by atoms with E-state index in [0.29, 0.717) is 5.69 Å². The molecule has 0 aliphatic rings. The van der Waals surface area contributed by atoms with Crippen LogP contribution in [0.4, 0.5) is 24.0 Å². The van der Waals surface area contributed by atoms with E-state index in [4.69, 9.17) is 17.3 Å². The largest absolute Gasteiger partial charge is 0.417 e. The average molecular weight is 372 g/mol. The Kier molecular flexibility index (Phi) is 5.66. The van der Waals surface area contributed by atoms with Crippen LogP contribution in [0.15, 0.2) is 18.2 Å². The molecule has 1 amide bonds. The van der Waals surface area contributed by atoms with Crippen LogP contribution in [0, 0.1) is 6.92 Å². The van der Waals surface area contributed by atoms with Crippen LogP contribution in [-0.2, 0) is 6.18 Å². The summed E-state index contributed by atoms with van der Waals surface area (Å²) in [5, 5.41) is 2.15. The molecule has 0 aliphatic heterocycles. The Balaban J connectivity index is 0.00000242. The average Bonchev–Trinajstić information content (AvgIpc) is 2.69. The van der Waals surface area contributed by atoms with E-state index in [1.807, 2.05) is 0 Å². The molecule has 22 heavy (non-hydrogen) atoms. The third-order valence-electron chi connectivity index (χ3n) is 2.55. The Bertz CT molecular complexity index is 703. The number of hydrogen-bond acceptors (Lipinski definition) is 4. The van der Waals surface area contributed by atoms with Crippen molar-refractivity contribution in [3.05, 3.63) is 39.4 Å². The molecule has 0 saturated carbocycles. The Hall–Kier alpha value is -1.51. The van der Waals surface area contributed by atoms with Crippen molar-refractivity contribution in [1.29, 1.82) is 0 Å². The highest BCUT2D eigenvalue weighted by atomic mass is 35.5. The summed E-state index contributed by atoms with van der Waals surface area (Å²) in [6.07, 6.45) is -4.59. The van der Waals surface area contributed by atoms with Crippen molar-refractivity contribution in [2.45, 2.75) is 13.1 Å². The van der Waals surface area contributed by atoms with E-state index in [2.05, 4.69) is 10.3 Å². The number of hydrogen-bond donors (Lipinski definition) is 2. The number of alkyl halides is 3. The van der Waals surface area contributed by atoms with Crippen LogP contribution in [0.25, 0.3) is 0 Å². The molecule has 0 unspecified atom stereocenters. The number of benzene rings is 1. The second-order valence-electron chi connectivity index (χ2n) is 4.11. The third kappa shape index (κ3) is 4.02. The standard InChI is InChI=1S/C12H9ClF3N3OS.ClH/c1-5-9(21-11(17)18-5)10(20)19-6-2-3-8(13)7(4-6)12(14,15)16;/h2-4H,1H3,(H2,17,18)(H,19,20);1H. The number of carbonyl (C=O) groups is 1. The predicted molar refractivity (Wildman–Crippen MR) is 82.9 cm³/mol. The number of aromatic nitrogens is 1. The van der Waals surface area contributed by atoms with Gasteiger partial charge in [-0.05, 0) is 25.1 Å². The minimum atomic E-state index is -4.59. The second kappa shape index (κ2) is 6.72. The summed E-state index contributed by atoms with van der Waals surface area (Å²) in [6.45, 7) is 1.59. The SMILES string of the molecule is Cc1nc(N)sc1C(=O)Nc1ccc(Cl)c(C(F)(F)F)c1.Cl. The lowest BCUT2D eigenvalue weighted by molar-refractivity contribution is -0.137. The first-order valence-corrected chi connectivity index (χ1v) is 6.79. The van der Waals surface area contributed by atoms with Crippen molar-refractivity contribution in [2.75, 3.05) is 11.1 Å². The molecule has 0 bridgehead atoms. The van der Waals surface area contributed by atoms with E-state index in [9.17, 15) is 18.0 Å². The molecule has 2 rings (SSSR count). The van der Waals surface area contributed by atoms with E-state index in [1.54, 1.807) is 6.92 Å². The Morgan fingerprint density at radius 1 is 1.41 bits per heavy atom. The number of thiazole rings is 1. The highest BCUT2D eigenvalue weighted by Crippen LogP contribution is 2.36. The number of nitrogens with zero attached hydrogens (tertiary/aromatic N) is 1. The molecule has 120 valence electrons. The molecule has 3 N–H and O–H groups in total. The van der Waals surface area contributed by atoms with Gasteiger partial charge >= 0.3 is 6.18 Å². The lowest BCUT2D eigenvalue weighted by atomic mass is 10.2.